The van der Waals surface area contributed by atoms with Gasteiger partial charge in [-0.2, -0.15) is 0 Å². The van der Waals surface area contributed by atoms with Crippen molar-refractivity contribution in [2.45, 2.75) is 13.3 Å². The van der Waals surface area contributed by atoms with Crippen LogP contribution < -0.4 is 10.1 Å². The van der Waals surface area contributed by atoms with E-state index in [9.17, 15) is 4.79 Å². The number of fused-ring (bicyclic) bond motifs is 1. The molecule has 2 aromatic rings. The maximum absolute atomic E-state index is 12.3. The van der Waals surface area contributed by atoms with E-state index in [4.69, 9.17) is 4.74 Å². The predicted octanol–water partition coefficient (Wildman–Crippen LogP) is 2.74. The van der Waals surface area contributed by atoms with Crippen LogP contribution in [-0.2, 0) is 6.42 Å². The number of carbonyl (C=O) groups excluding carboxylic acids is 1. The van der Waals surface area contributed by atoms with Crippen LogP contribution in [0.25, 0.3) is 10.8 Å². The number of ether oxygens (including phenoxy) is 1. The number of piperazine rings is 1. The Morgan fingerprint density at radius 2 is 1.96 bits per heavy atom. The summed E-state index contributed by atoms with van der Waals surface area (Å²) in [5, 5.41) is 5.45. The Bertz CT molecular complexity index is 724. The maximum atomic E-state index is 12.3. The van der Waals surface area contributed by atoms with Crippen LogP contribution in [0.2, 0.25) is 0 Å². The summed E-state index contributed by atoms with van der Waals surface area (Å²) < 4.78 is 5.34. The van der Waals surface area contributed by atoms with Crippen molar-refractivity contribution in [3.63, 3.8) is 0 Å². The molecule has 5 heteroatoms. The molecule has 2 amide bonds. The van der Waals surface area contributed by atoms with Crippen LogP contribution >= 0.6 is 0 Å². The molecular formula is C20H27N3O2. The Morgan fingerprint density at radius 3 is 2.68 bits per heavy atom. The third-order valence-corrected chi connectivity index (χ3v) is 4.96. The van der Waals surface area contributed by atoms with E-state index in [2.05, 4.69) is 47.5 Å². The standard InChI is InChI=1S/C20H27N3O2/c1-3-22-11-13-23(14-12-22)20(24)21-10-9-17-6-4-5-16-7-8-18(25-2)15-19(16)17/h4-8,15H,3,9-14H2,1-2H3,(H,21,24). The number of hydrogen-bond acceptors (Lipinski definition) is 3. The number of amides is 2. The molecule has 1 aliphatic heterocycles. The first-order chi connectivity index (χ1) is 12.2. The fourth-order valence-corrected chi connectivity index (χ4v) is 3.34. The molecule has 0 spiro atoms. The number of nitrogens with zero attached hydrogens (tertiary/aromatic N) is 2. The first kappa shape index (κ1) is 17.5. The monoisotopic (exact) mass is 341 g/mol. The average molecular weight is 341 g/mol. The van der Waals surface area contributed by atoms with E-state index in [0.717, 1.165) is 44.9 Å². The van der Waals surface area contributed by atoms with Gasteiger partial charge in [0.25, 0.3) is 0 Å². The smallest absolute Gasteiger partial charge is 0.317 e. The topological polar surface area (TPSA) is 44.8 Å². The number of urea groups is 1. The van der Waals surface area contributed by atoms with Crippen LogP contribution in [0.3, 0.4) is 0 Å². The van der Waals surface area contributed by atoms with Gasteiger partial charge in [-0.1, -0.05) is 31.2 Å². The molecule has 1 heterocycles. The zero-order valence-electron chi connectivity index (χ0n) is 15.1. The summed E-state index contributed by atoms with van der Waals surface area (Å²) >= 11 is 0. The van der Waals surface area contributed by atoms with Crippen LogP contribution in [0.5, 0.6) is 5.75 Å². The minimum absolute atomic E-state index is 0.0496. The van der Waals surface area contributed by atoms with Gasteiger partial charge in [0.15, 0.2) is 0 Å². The maximum Gasteiger partial charge on any atom is 0.317 e. The van der Waals surface area contributed by atoms with Gasteiger partial charge in [0.05, 0.1) is 7.11 Å². The Morgan fingerprint density at radius 1 is 1.16 bits per heavy atom. The summed E-state index contributed by atoms with van der Waals surface area (Å²) in [4.78, 5) is 16.6. The van der Waals surface area contributed by atoms with Gasteiger partial charge in [-0.25, -0.2) is 4.79 Å². The Balaban J connectivity index is 1.57. The number of methoxy groups -OCH3 is 1. The summed E-state index contributed by atoms with van der Waals surface area (Å²) in [6, 6.07) is 12.5. The normalized spacial score (nSPS) is 15.4. The predicted molar refractivity (Wildman–Crippen MR) is 101 cm³/mol. The zero-order chi connectivity index (χ0) is 17.6. The summed E-state index contributed by atoms with van der Waals surface area (Å²) in [7, 11) is 1.68. The Kier molecular flexibility index (Phi) is 5.76. The average Bonchev–Trinajstić information content (AvgIpc) is 2.67. The van der Waals surface area contributed by atoms with Crippen molar-refractivity contribution in [2.24, 2.45) is 0 Å². The molecule has 1 N–H and O–H groups in total. The van der Waals surface area contributed by atoms with Crippen LogP contribution in [0.15, 0.2) is 36.4 Å². The zero-order valence-corrected chi connectivity index (χ0v) is 15.1. The molecule has 134 valence electrons. The molecule has 0 aromatic heterocycles. The Labute approximate surface area is 149 Å². The highest BCUT2D eigenvalue weighted by molar-refractivity contribution is 5.87. The van der Waals surface area contributed by atoms with E-state index in [-0.39, 0.29) is 6.03 Å². The molecule has 2 aromatic carbocycles. The molecule has 0 atom stereocenters. The number of nitrogens with one attached hydrogen (secondary N) is 1. The molecule has 1 fully saturated rings. The van der Waals surface area contributed by atoms with Crippen molar-refractivity contribution < 1.29 is 9.53 Å². The highest BCUT2D eigenvalue weighted by atomic mass is 16.5. The molecule has 3 rings (SSSR count). The van der Waals surface area contributed by atoms with Crippen LogP contribution in [0.4, 0.5) is 4.79 Å². The lowest BCUT2D eigenvalue weighted by molar-refractivity contribution is 0.143. The molecule has 25 heavy (non-hydrogen) atoms. The van der Waals surface area contributed by atoms with Gasteiger partial charge >= 0.3 is 6.03 Å². The highest BCUT2D eigenvalue weighted by Gasteiger charge is 2.19. The number of likely N-dealkylation sites (N-methyl/N-ethyl adjacent to an activating group) is 1. The lowest BCUT2D eigenvalue weighted by Gasteiger charge is -2.34. The molecule has 1 saturated heterocycles. The first-order valence-electron chi connectivity index (χ1n) is 9.02. The largest absolute Gasteiger partial charge is 0.497 e. The molecule has 0 saturated carbocycles. The minimum atomic E-state index is 0.0496. The van der Waals surface area contributed by atoms with Crippen LogP contribution in [0, 0.1) is 0 Å². The number of hydrogen-bond donors (Lipinski definition) is 1. The van der Waals surface area contributed by atoms with E-state index >= 15 is 0 Å². The summed E-state index contributed by atoms with van der Waals surface area (Å²) in [6.07, 6.45) is 0.811. The molecule has 0 aliphatic carbocycles. The molecule has 0 unspecified atom stereocenters. The van der Waals surface area contributed by atoms with E-state index in [1.165, 1.54) is 16.3 Å². The Hall–Kier alpha value is -2.27. The molecule has 0 radical (unpaired) electrons. The minimum Gasteiger partial charge on any atom is -0.497 e. The molecular weight excluding hydrogens is 314 g/mol. The second-order valence-corrected chi connectivity index (χ2v) is 6.41. The van der Waals surface area contributed by atoms with E-state index in [0.29, 0.717) is 6.54 Å². The van der Waals surface area contributed by atoms with Gasteiger partial charge in [-0.05, 0) is 41.4 Å². The van der Waals surface area contributed by atoms with Crippen LogP contribution in [0.1, 0.15) is 12.5 Å². The third kappa shape index (κ3) is 4.23. The summed E-state index contributed by atoms with van der Waals surface area (Å²) in [5.74, 6) is 0.859. The summed E-state index contributed by atoms with van der Waals surface area (Å²) in [5.41, 5.74) is 1.23. The lowest BCUT2D eigenvalue weighted by Crippen LogP contribution is -2.51. The molecule has 5 nitrogen and oxygen atoms in total. The number of rotatable bonds is 5. The van der Waals surface area contributed by atoms with Gasteiger partial charge < -0.3 is 19.9 Å². The van der Waals surface area contributed by atoms with Crippen molar-refractivity contribution in [3.8, 4) is 5.75 Å². The summed E-state index contributed by atoms with van der Waals surface area (Å²) in [6.45, 7) is 7.41. The molecule has 0 bridgehead atoms. The molecule has 1 aliphatic rings. The number of carbonyl (C=O) groups is 1. The highest BCUT2D eigenvalue weighted by Crippen LogP contribution is 2.24. The van der Waals surface area contributed by atoms with Gasteiger partial charge in [-0.15, -0.1) is 0 Å². The lowest BCUT2D eigenvalue weighted by atomic mass is 10.0. The van der Waals surface area contributed by atoms with Crippen molar-refractivity contribution in [2.75, 3.05) is 46.4 Å². The van der Waals surface area contributed by atoms with E-state index in [1.807, 2.05) is 11.0 Å². The van der Waals surface area contributed by atoms with Gasteiger partial charge in [-0.3, -0.25) is 0 Å². The van der Waals surface area contributed by atoms with Gasteiger partial charge in [0.1, 0.15) is 5.75 Å². The van der Waals surface area contributed by atoms with Crippen molar-refractivity contribution in [1.82, 2.24) is 15.1 Å². The van der Waals surface area contributed by atoms with Gasteiger partial charge in [0, 0.05) is 32.7 Å². The quantitative estimate of drug-likeness (QED) is 0.909. The van der Waals surface area contributed by atoms with E-state index in [1.54, 1.807) is 7.11 Å². The third-order valence-electron chi connectivity index (χ3n) is 4.96. The fraction of sp³-hybridized carbons (Fsp3) is 0.450. The first-order valence-corrected chi connectivity index (χ1v) is 9.02. The van der Waals surface area contributed by atoms with Crippen LogP contribution in [-0.4, -0.2) is 62.2 Å². The second-order valence-electron chi connectivity index (χ2n) is 6.41. The van der Waals surface area contributed by atoms with Crippen molar-refractivity contribution in [1.29, 1.82) is 0 Å². The SMILES string of the molecule is CCN1CCN(C(=O)NCCc2cccc3ccc(OC)cc23)CC1. The van der Waals surface area contributed by atoms with Crippen molar-refractivity contribution in [3.05, 3.63) is 42.0 Å². The fourth-order valence-electron chi connectivity index (χ4n) is 3.34. The van der Waals surface area contributed by atoms with Gasteiger partial charge in [0.2, 0.25) is 0 Å². The second kappa shape index (κ2) is 8.21. The van der Waals surface area contributed by atoms with E-state index < -0.39 is 0 Å². The number of benzene rings is 2. The van der Waals surface area contributed by atoms with Crippen molar-refractivity contribution >= 4 is 16.8 Å².